The molecule has 0 unspecified atom stereocenters. The zero-order valence-electron chi connectivity index (χ0n) is 9.30. The smallest absolute Gasteiger partial charge is 0.119 e. The minimum atomic E-state index is 0.665. The average Bonchev–Trinajstić information content (AvgIpc) is 2.71. The molecule has 0 spiro atoms. The van der Waals surface area contributed by atoms with Crippen molar-refractivity contribution in [2.24, 2.45) is 0 Å². The van der Waals surface area contributed by atoms with Crippen molar-refractivity contribution in [1.82, 2.24) is 0 Å². The van der Waals surface area contributed by atoms with Crippen LogP contribution in [0.5, 0.6) is 0 Å². The lowest BCUT2D eigenvalue weighted by atomic mass is 10.2. The highest BCUT2D eigenvalue weighted by Crippen LogP contribution is 2.12. The first-order valence-electron chi connectivity index (χ1n) is 5.62. The van der Waals surface area contributed by atoms with Crippen molar-refractivity contribution in [3.05, 3.63) is 72.1 Å². The minimum Gasteiger partial charge on any atom is -0.489 e. The van der Waals surface area contributed by atoms with E-state index in [0.717, 1.165) is 18.6 Å². The van der Waals surface area contributed by atoms with E-state index >= 15 is 0 Å². The van der Waals surface area contributed by atoms with Crippen molar-refractivity contribution < 1.29 is 4.74 Å². The Kier molecular flexibility index (Phi) is 4.00. The molecule has 0 aromatic rings. The summed E-state index contributed by atoms with van der Waals surface area (Å²) in [6.45, 7) is 0.665. The van der Waals surface area contributed by atoms with Crippen LogP contribution in [0.3, 0.4) is 0 Å². The summed E-state index contributed by atoms with van der Waals surface area (Å²) >= 11 is 0. The number of ether oxygens (including phenoxy) is 1. The molecule has 0 fully saturated rings. The van der Waals surface area contributed by atoms with Gasteiger partial charge in [-0.25, -0.2) is 0 Å². The molecule has 0 aromatic carbocycles. The Hall–Kier alpha value is -1.76. The molecular weight excluding hydrogens is 196 g/mol. The van der Waals surface area contributed by atoms with E-state index in [0.29, 0.717) is 6.61 Å². The second-order valence-electron chi connectivity index (χ2n) is 3.77. The van der Waals surface area contributed by atoms with Crippen LogP contribution in [0, 0.1) is 0 Å². The molecule has 1 heteroatoms. The Morgan fingerprint density at radius 1 is 0.938 bits per heavy atom. The summed E-state index contributed by atoms with van der Waals surface area (Å²) in [4.78, 5) is 0. The van der Waals surface area contributed by atoms with Crippen LogP contribution in [-0.4, -0.2) is 6.61 Å². The van der Waals surface area contributed by atoms with Gasteiger partial charge in [0.1, 0.15) is 12.4 Å². The predicted molar refractivity (Wildman–Crippen MR) is 67.9 cm³/mol. The summed E-state index contributed by atoms with van der Waals surface area (Å²) in [5.74, 6) is 0.937. The molecule has 0 aromatic heterocycles. The first kappa shape index (κ1) is 10.7. The average molecular weight is 212 g/mol. The van der Waals surface area contributed by atoms with Crippen molar-refractivity contribution in [1.29, 1.82) is 0 Å². The highest BCUT2D eigenvalue weighted by atomic mass is 16.5. The van der Waals surface area contributed by atoms with Gasteiger partial charge >= 0.3 is 0 Å². The summed E-state index contributed by atoms with van der Waals surface area (Å²) in [6.07, 6.45) is 22.7. The molecular formula is C15H16O. The molecule has 0 amide bonds. The SMILES string of the molecule is C1=CC=C(COC2=CC=CCC=C2)CC=C1. The fraction of sp³-hybridized carbons (Fsp3) is 0.200. The van der Waals surface area contributed by atoms with Gasteiger partial charge in [0.2, 0.25) is 0 Å². The molecule has 0 aliphatic heterocycles. The van der Waals surface area contributed by atoms with Crippen LogP contribution in [0.2, 0.25) is 0 Å². The zero-order chi connectivity index (χ0) is 11.1. The Balaban J connectivity index is 1.89. The second-order valence-corrected chi connectivity index (χ2v) is 3.77. The highest BCUT2D eigenvalue weighted by Gasteiger charge is 1.99. The van der Waals surface area contributed by atoms with Gasteiger partial charge in [0.15, 0.2) is 0 Å². The van der Waals surface area contributed by atoms with Crippen molar-refractivity contribution in [2.75, 3.05) is 6.61 Å². The van der Waals surface area contributed by atoms with Crippen molar-refractivity contribution in [2.45, 2.75) is 12.8 Å². The number of rotatable bonds is 3. The summed E-state index contributed by atoms with van der Waals surface area (Å²) in [7, 11) is 0. The van der Waals surface area contributed by atoms with E-state index in [9.17, 15) is 0 Å². The maximum absolute atomic E-state index is 5.74. The topological polar surface area (TPSA) is 9.23 Å². The molecule has 0 heterocycles. The van der Waals surface area contributed by atoms with Gasteiger partial charge in [0.05, 0.1) is 0 Å². The van der Waals surface area contributed by atoms with Crippen LogP contribution < -0.4 is 0 Å². The van der Waals surface area contributed by atoms with Crippen LogP contribution in [-0.2, 0) is 4.74 Å². The predicted octanol–water partition coefficient (Wildman–Crippen LogP) is 3.85. The summed E-state index contributed by atoms with van der Waals surface area (Å²) < 4.78 is 5.74. The third-order valence-corrected chi connectivity index (χ3v) is 2.45. The van der Waals surface area contributed by atoms with Crippen LogP contribution in [0.15, 0.2) is 72.1 Å². The lowest BCUT2D eigenvalue weighted by molar-refractivity contribution is 0.251. The standard InChI is InChI=1S/C15H16O/c1-2-6-10-14(9-5-1)13-16-15-11-7-3-4-8-12-15/h1-3,5-9,11-12H,4,10,13H2. The first-order valence-corrected chi connectivity index (χ1v) is 5.62. The fourth-order valence-electron chi connectivity index (χ4n) is 1.56. The van der Waals surface area contributed by atoms with Gasteiger partial charge in [-0.15, -0.1) is 0 Å². The quantitative estimate of drug-likeness (QED) is 0.690. The van der Waals surface area contributed by atoms with Crippen LogP contribution in [0.25, 0.3) is 0 Å². The van der Waals surface area contributed by atoms with E-state index in [4.69, 9.17) is 4.74 Å². The van der Waals surface area contributed by atoms with Gasteiger partial charge in [-0.2, -0.15) is 0 Å². The molecule has 0 atom stereocenters. The van der Waals surface area contributed by atoms with E-state index in [-0.39, 0.29) is 0 Å². The molecule has 2 aliphatic rings. The van der Waals surface area contributed by atoms with Gasteiger partial charge in [-0.3, -0.25) is 0 Å². The van der Waals surface area contributed by atoms with Crippen molar-refractivity contribution in [3.63, 3.8) is 0 Å². The van der Waals surface area contributed by atoms with Gasteiger partial charge in [-0.1, -0.05) is 48.6 Å². The molecule has 0 radical (unpaired) electrons. The molecule has 2 aliphatic carbocycles. The molecule has 16 heavy (non-hydrogen) atoms. The van der Waals surface area contributed by atoms with E-state index < -0.39 is 0 Å². The lowest BCUT2D eigenvalue weighted by Gasteiger charge is -2.07. The Morgan fingerprint density at radius 2 is 1.94 bits per heavy atom. The molecule has 1 nitrogen and oxygen atoms in total. The van der Waals surface area contributed by atoms with Crippen molar-refractivity contribution in [3.8, 4) is 0 Å². The second kappa shape index (κ2) is 5.96. The summed E-state index contributed by atoms with van der Waals surface area (Å²) in [5.41, 5.74) is 1.30. The van der Waals surface area contributed by atoms with Gasteiger partial charge < -0.3 is 4.74 Å². The van der Waals surface area contributed by atoms with Gasteiger partial charge in [0.25, 0.3) is 0 Å². The lowest BCUT2D eigenvalue weighted by Crippen LogP contribution is -1.96. The Labute approximate surface area is 96.8 Å². The largest absolute Gasteiger partial charge is 0.489 e. The van der Waals surface area contributed by atoms with Gasteiger partial charge in [0, 0.05) is 0 Å². The Morgan fingerprint density at radius 3 is 2.94 bits per heavy atom. The molecule has 0 N–H and O–H groups in total. The summed E-state index contributed by atoms with van der Waals surface area (Å²) in [5, 5.41) is 0. The number of allylic oxidation sites excluding steroid dienone is 10. The molecule has 2 rings (SSSR count). The fourth-order valence-corrected chi connectivity index (χ4v) is 1.56. The molecule has 0 bridgehead atoms. The molecule has 0 saturated heterocycles. The first-order chi connectivity index (χ1) is 7.95. The molecule has 0 saturated carbocycles. The van der Waals surface area contributed by atoms with E-state index in [2.05, 4.69) is 36.5 Å². The van der Waals surface area contributed by atoms with E-state index in [1.54, 1.807) is 0 Å². The highest BCUT2D eigenvalue weighted by molar-refractivity contribution is 5.26. The third-order valence-electron chi connectivity index (χ3n) is 2.45. The number of hydrogen-bond acceptors (Lipinski definition) is 1. The molecule has 82 valence electrons. The van der Waals surface area contributed by atoms with Crippen LogP contribution in [0.4, 0.5) is 0 Å². The van der Waals surface area contributed by atoms with Crippen molar-refractivity contribution >= 4 is 0 Å². The zero-order valence-corrected chi connectivity index (χ0v) is 9.30. The normalized spacial score (nSPS) is 18.8. The number of hydrogen-bond donors (Lipinski definition) is 0. The maximum atomic E-state index is 5.74. The minimum absolute atomic E-state index is 0.665. The van der Waals surface area contributed by atoms with E-state index in [1.165, 1.54) is 5.57 Å². The van der Waals surface area contributed by atoms with Crippen LogP contribution in [0.1, 0.15) is 12.8 Å². The Bertz CT molecular complexity index is 403. The van der Waals surface area contributed by atoms with Gasteiger partial charge in [-0.05, 0) is 30.6 Å². The van der Waals surface area contributed by atoms with Crippen LogP contribution >= 0.6 is 0 Å². The monoisotopic (exact) mass is 212 g/mol. The van der Waals surface area contributed by atoms with E-state index in [1.807, 2.05) is 24.3 Å². The maximum Gasteiger partial charge on any atom is 0.119 e. The third kappa shape index (κ3) is 3.43. The summed E-state index contributed by atoms with van der Waals surface area (Å²) in [6, 6.07) is 0.